The molecule has 1 aliphatic rings. The summed E-state index contributed by atoms with van der Waals surface area (Å²) in [6.07, 6.45) is 2.34. The third-order valence-corrected chi connectivity index (χ3v) is 6.75. The van der Waals surface area contributed by atoms with Crippen LogP contribution in [-0.4, -0.2) is 40.8 Å². The average molecular weight is 451 g/mol. The van der Waals surface area contributed by atoms with Crippen molar-refractivity contribution in [3.63, 3.8) is 0 Å². The second-order valence-electron chi connectivity index (χ2n) is 7.31. The number of Topliss-reactive ketones (excluding diaryl/α,β-unsaturated/α-hetero) is 1. The number of ketones is 1. The molecule has 0 radical (unpaired) electrons. The highest BCUT2D eigenvalue weighted by molar-refractivity contribution is 7.07. The molecule has 7 nitrogen and oxygen atoms in total. The normalized spacial score (nSPS) is 18.8. The molecular weight excluding hydrogens is 428 g/mol. The van der Waals surface area contributed by atoms with E-state index in [0.29, 0.717) is 29.1 Å². The number of amides is 1. The third-order valence-electron chi connectivity index (χ3n) is 5.54. The minimum Gasteiger partial charge on any atom is -0.454 e. The molecule has 2 aromatic rings. The first-order valence-electron chi connectivity index (χ1n) is 9.63. The van der Waals surface area contributed by atoms with Crippen LogP contribution >= 0.6 is 22.9 Å². The first-order valence-corrected chi connectivity index (χ1v) is 10.9. The summed E-state index contributed by atoms with van der Waals surface area (Å²) in [5.41, 5.74) is 0.0518. The van der Waals surface area contributed by atoms with Crippen LogP contribution < -0.4 is 4.87 Å². The quantitative estimate of drug-likeness (QED) is 0.631. The zero-order valence-electron chi connectivity index (χ0n) is 16.9. The molecule has 0 saturated heterocycles. The monoisotopic (exact) mass is 450 g/mol. The zero-order valence-corrected chi connectivity index (χ0v) is 18.4. The Bertz CT molecular complexity index is 1030. The number of carbonyl (C=O) groups is 3. The van der Waals surface area contributed by atoms with Gasteiger partial charge in [-0.25, -0.2) is 0 Å². The van der Waals surface area contributed by atoms with Crippen LogP contribution in [0.5, 0.6) is 0 Å². The van der Waals surface area contributed by atoms with E-state index in [9.17, 15) is 19.2 Å². The second kappa shape index (κ2) is 9.14. The van der Waals surface area contributed by atoms with Gasteiger partial charge in [-0.15, -0.1) is 0 Å². The Labute approximate surface area is 183 Å². The van der Waals surface area contributed by atoms with Crippen LogP contribution in [0.4, 0.5) is 0 Å². The molecule has 1 amide bonds. The van der Waals surface area contributed by atoms with E-state index in [-0.39, 0.29) is 17.2 Å². The fourth-order valence-corrected chi connectivity index (χ4v) is 4.88. The van der Waals surface area contributed by atoms with Gasteiger partial charge in [-0.05, 0) is 32.3 Å². The van der Waals surface area contributed by atoms with Crippen molar-refractivity contribution in [1.29, 1.82) is 0 Å². The van der Waals surface area contributed by atoms with E-state index in [2.05, 4.69) is 0 Å². The van der Waals surface area contributed by atoms with Gasteiger partial charge in [0.2, 0.25) is 0 Å². The lowest BCUT2D eigenvalue weighted by Gasteiger charge is -2.43. The SMILES string of the molecule is Cc1csc(=O)n1CC(=O)OCC(=O)N(C)[C@]1(c2ccccc2Cl)CCCCC1=O. The number of thiazole rings is 1. The Kier molecular flexibility index (Phi) is 6.77. The standard InChI is InChI=1S/C21H23ClN2O5S/c1-14-13-30-20(28)24(14)11-19(27)29-12-18(26)23(2)21(10-6-5-9-17(21)25)15-7-3-4-8-16(15)22/h3-4,7-8,13H,5-6,9-12H2,1-2H3/t21-/m0/s1. The van der Waals surface area contributed by atoms with Gasteiger partial charge in [0.1, 0.15) is 12.1 Å². The number of aromatic nitrogens is 1. The van der Waals surface area contributed by atoms with E-state index in [4.69, 9.17) is 16.3 Å². The van der Waals surface area contributed by atoms with E-state index in [0.717, 1.165) is 24.2 Å². The topological polar surface area (TPSA) is 85.7 Å². The molecule has 0 unspecified atom stereocenters. The van der Waals surface area contributed by atoms with Crippen molar-refractivity contribution in [3.05, 3.63) is 55.6 Å². The Morgan fingerprint density at radius 3 is 2.63 bits per heavy atom. The summed E-state index contributed by atoms with van der Waals surface area (Å²) in [6.45, 7) is 0.929. The van der Waals surface area contributed by atoms with Crippen LogP contribution in [0, 0.1) is 6.92 Å². The second-order valence-corrected chi connectivity index (χ2v) is 8.54. The summed E-state index contributed by atoms with van der Waals surface area (Å²) >= 11 is 7.39. The number of nitrogens with zero attached hydrogens (tertiary/aromatic N) is 2. The maximum Gasteiger partial charge on any atom is 0.326 e. The fourth-order valence-electron chi connectivity index (χ4n) is 3.85. The van der Waals surface area contributed by atoms with Crippen molar-refractivity contribution in [2.24, 2.45) is 0 Å². The van der Waals surface area contributed by atoms with Gasteiger partial charge in [-0.1, -0.05) is 41.1 Å². The highest BCUT2D eigenvalue weighted by Crippen LogP contribution is 2.42. The number of halogens is 1. The maximum absolute atomic E-state index is 13.0. The van der Waals surface area contributed by atoms with Crippen LogP contribution in [0.1, 0.15) is 36.9 Å². The lowest BCUT2D eigenvalue weighted by Crippen LogP contribution is -2.55. The molecule has 1 saturated carbocycles. The largest absolute Gasteiger partial charge is 0.454 e. The molecule has 1 fully saturated rings. The predicted molar refractivity (Wildman–Crippen MR) is 114 cm³/mol. The maximum atomic E-state index is 13.0. The molecule has 3 rings (SSSR count). The van der Waals surface area contributed by atoms with Crippen molar-refractivity contribution < 1.29 is 19.1 Å². The summed E-state index contributed by atoms with van der Waals surface area (Å²) in [7, 11) is 1.54. The van der Waals surface area contributed by atoms with Crippen molar-refractivity contribution in [2.75, 3.05) is 13.7 Å². The Balaban J connectivity index is 1.76. The van der Waals surface area contributed by atoms with Crippen LogP contribution in [0.25, 0.3) is 0 Å². The molecule has 160 valence electrons. The molecule has 1 atom stereocenters. The van der Waals surface area contributed by atoms with Crippen molar-refractivity contribution >= 4 is 40.6 Å². The number of esters is 1. The van der Waals surface area contributed by atoms with Gasteiger partial charge < -0.3 is 9.64 Å². The lowest BCUT2D eigenvalue weighted by atomic mass is 9.74. The minimum atomic E-state index is -1.18. The summed E-state index contributed by atoms with van der Waals surface area (Å²) in [5, 5.41) is 2.06. The van der Waals surface area contributed by atoms with Crippen LogP contribution in [0.2, 0.25) is 5.02 Å². The first kappa shape index (κ1) is 22.2. The Morgan fingerprint density at radius 2 is 2.00 bits per heavy atom. The van der Waals surface area contributed by atoms with E-state index in [1.165, 1.54) is 16.5 Å². The molecule has 30 heavy (non-hydrogen) atoms. The number of aryl methyl sites for hydroxylation is 1. The highest BCUT2D eigenvalue weighted by atomic mass is 35.5. The lowest BCUT2D eigenvalue weighted by molar-refractivity contribution is -0.158. The smallest absolute Gasteiger partial charge is 0.326 e. The van der Waals surface area contributed by atoms with Crippen molar-refractivity contribution in [2.45, 2.75) is 44.7 Å². The van der Waals surface area contributed by atoms with Gasteiger partial charge in [0, 0.05) is 35.1 Å². The van der Waals surface area contributed by atoms with E-state index < -0.39 is 24.0 Å². The van der Waals surface area contributed by atoms with Crippen LogP contribution in [-0.2, 0) is 31.2 Å². The van der Waals surface area contributed by atoms with Gasteiger partial charge >= 0.3 is 10.8 Å². The number of carbonyl (C=O) groups excluding carboxylic acids is 3. The van der Waals surface area contributed by atoms with E-state index in [1.807, 2.05) is 0 Å². The van der Waals surface area contributed by atoms with Gasteiger partial charge in [0.05, 0.1) is 0 Å². The van der Waals surface area contributed by atoms with E-state index in [1.54, 1.807) is 36.6 Å². The Hall–Kier alpha value is -2.45. The van der Waals surface area contributed by atoms with Crippen molar-refractivity contribution in [3.8, 4) is 0 Å². The van der Waals surface area contributed by atoms with Crippen molar-refractivity contribution in [1.82, 2.24) is 9.47 Å². The number of benzene rings is 1. The summed E-state index contributed by atoms with van der Waals surface area (Å²) in [4.78, 5) is 50.9. The molecule has 1 aromatic heterocycles. The molecule has 0 aliphatic heterocycles. The number of hydrogen-bond donors (Lipinski definition) is 0. The summed E-state index contributed by atoms with van der Waals surface area (Å²) in [5.74, 6) is -1.28. The summed E-state index contributed by atoms with van der Waals surface area (Å²) in [6, 6.07) is 7.00. The molecule has 1 aromatic carbocycles. The number of rotatable bonds is 6. The van der Waals surface area contributed by atoms with Crippen LogP contribution in [0.15, 0.2) is 34.4 Å². The third kappa shape index (κ3) is 4.20. The minimum absolute atomic E-state index is 0.0792. The predicted octanol–water partition coefficient (Wildman–Crippen LogP) is 2.91. The van der Waals surface area contributed by atoms with Gasteiger partial charge in [-0.2, -0.15) is 0 Å². The van der Waals surface area contributed by atoms with Gasteiger partial charge in [0.15, 0.2) is 12.4 Å². The number of ether oxygens (including phenoxy) is 1. The molecule has 0 bridgehead atoms. The molecule has 1 aliphatic carbocycles. The summed E-state index contributed by atoms with van der Waals surface area (Å²) < 4.78 is 6.40. The van der Waals surface area contributed by atoms with Gasteiger partial charge in [0.25, 0.3) is 5.91 Å². The zero-order chi connectivity index (χ0) is 21.9. The molecular formula is C21H23ClN2O5S. The average Bonchev–Trinajstić information content (AvgIpc) is 3.04. The highest BCUT2D eigenvalue weighted by Gasteiger charge is 2.47. The molecule has 0 N–H and O–H groups in total. The first-order chi connectivity index (χ1) is 14.3. The number of likely N-dealkylation sites (N-methyl/N-ethyl adjacent to an activating group) is 1. The van der Waals surface area contributed by atoms with Crippen LogP contribution in [0.3, 0.4) is 0 Å². The molecule has 0 spiro atoms. The molecule has 9 heteroatoms. The Morgan fingerprint density at radius 1 is 1.27 bits per heavy atom. The van der Waals surface area contributed by atoms with Gasteiger partial charge in [-0.3, -0.25) is 23.7 Å². The number of hydrogen-bond acceptors (Lipinski definition) is 6. The molecule has 1 heterocycles. The fraction of sp³-hybridized carbons (Fsp3) is 0.429. The van der Waals surface area contributed by atoms with E-state index >= 15 is 0 Å².